The van der Waals surface area contributed by atoms with Gasteiger partial charge in [0.15, 0.2) is 0 Å². The second-order valence-corrected chi connectivity index (χ2v) is 4.74. The van der Waals surface area contributed by atoms with Crippen molar-refractivity contribution < 1.29 is 14.3 Å². The third-order valence-electron chi connectivity index (χ3n) is 2.69. The predicted molar refractivity (Wildman–Crippen MR) is 69.6 cm³/mol. The van der Waals surface area contributed by atoms with E-state index in [4.69, 9.17) is 32.7 Å². The first kappa shape index (κ1) is 13.0. The molecular weight excluding hydrogens is 275 g/mol. The largest absolute Gasteiger partial charge is 0.475 e. The van der Waals surface area contributed by atoms with Crippen molar-refractivity contribution in [3.05, 3.63) is 57.5 Å². The van der Waals surface area contributed by atoms with E-state index in [1.54, 1.807) is 24.3 Å². The Hall–Kier alpha value is -1.45. The maximum atomic E-state index is 10.7. The number of carboxylic acid groups (broad SMARTS) is 1. The lowest BCUT2D eigenvalue weighted by Crippen LogP contribution is -1.96. The lowest BCUT2D eigenvalue weighted by atomic mass is 9.99. The van der Waals surface area contributed by atoms with E-state index < -0.39 is 5.97 Å². The lowest BCUT2D eigenvalue weighted by Gasteiger charge is -2.11. The molecule has 1 atom stereocenters. The first-order valence-corrected chi connectivity index (χ1v) is 6.02. The van der Waals surface area contributed by atoms with E-state index in [1.165, 1.54) is 6.07 Å². The monoisotopic (exact) mass is 284 g/mol. The molecule has 0 radical (unpaired) electrons. The summed E-state index contributed by atoms with van der Waals surface area (Å²) >= 11 is 11.9. The van der Waals surface area contributed by atoms with Crippen molar-refractivity contribution in [2.24, 2.45) is 0 Å². The molecule has 1 aromatic carbocycles. The molecule has 18 heavy (non-hydrogen) atoms. The Morgan fingerprint density at radius 2 is 2.00 bits per heavy atom. The van der Waals surface area contributed by atoms with Gasteiger partial charge in [-0.15, -0.1) is 0 Å². The second-order valence-electron chi connectivity index (χ2n) is 3.89. The lowest BCUT2D eigenvalue weighted by molar-refractivity contribution is 0.0660. The number of hydrogen-bond acceptors (Lipinski definition) is 2. The number of aromatic carboxylic acids is 1. The molecule has 5 heteroatoms. The summed E-state index contributed by atoms with van der Waals surface area (Å²) in [7, 11) is 0. The van der Waals surface area contributed by atoms with Crippen LogP contribution in [0.5, 0.6) is 0 Å². The van der Waals surface area contributed by atoms with Crippen LogP contribution in [0.2, 0.25) is 10.0 Å². The summed E-state index contributed by atoms with van der Waals surface area (Å²) < 4.78 is 5.26. The highest BCUT2D eigenvalue weighted by Crippen LogP contribution is 2.32. The van der Waals surface area contributed by atoms with Crippen LogP contribution in [-0.4, -0.2) is 11.1 Å². The zero-order valence-electron chi connectivity index (χ0n) is 9.48. The third-order valence-corrected chi connectivity index (χ3v) is 3.26. The summed E-state index contributed by atoms with van der Waals surface area (Å²) in [6.45, 7) is 1.89. The van der Waals surface area contributed by atoms with E-state index in [0.29, 0.717) is 15.8 Å². The predicted octanol–water partition coefficient (Wildman–Crippen LogP) is 4.44. The zero-order chi connectivity index (χ0) is 13.3. The van der Waals surface area contributed by atoms with Gasteiger partial charge in [0, 0.05) is 16.0 Å². The Balaban J connectivity index is 2.35. The Morgan fingerprint density at radius 3 is 2.56 bits per heavy atom. The Bertz CT molecular complexity index is 590. The highest BCUT2D eigenvalue weighted by Gasteiger charge is 2.17. The molecule has 0 spiro atoms. The fourth-order valence-electron chi connectivity index (χ4n) is 1.71. The summed E-state index contributed by atoms with van der Waals surface area (Å²) in [6.07, 6.45) is 0. The molecule has 0 saturated heterocycles. The number of benzene rings is 1. The van der Waals surface area contributed by atoms with E-state index in [9.17, 15) is 4.79 Å². The third kappa shape index (κ3) is 2.52. The fourth-order valence-corrected chi connectivity index (χ4v) is 2.28. The van der Waals surface area contributed by atoms with Crippen LogP contribution < -0.4 is 0 Å². The van der Waals surface area contributed by atoms with Crippen LogP contribution in [0.15, 0.2) is 34.7 Å². The minimum atomic E-state index is -1.09. The van der Waals surface area contributed by atoms with Crippen molar-refractivity contribution in [2.45, 2.75) is 12.8 Å². The SMILES string of the molecule is CC(c1ccc(C(=O)O)o1)c1ccc(Cl)cc1Cl. The number of carbonyl (C=O) groups is 1. The van der Waals surface area contributed by atoms with Crippen molar-refractivity contribution in [3.63, 3.8) is 0 Å². The summed E-state index contributed by atoms with van der Waals surface area (Å²) in [5.41, 5.74) is 0.840. The minimum Gasteiger partial charge on any atom is -0.475 e. The van der Waals surface area contributed by atoms with Crippen molar-refractivity contribution in [2.75, 3.05) is 0 Å². The summed E-state index contributed by atoms with van der Waals surface area (Å²) in [5.74, 6) is -0.753. The van der Waals surface area contributed by atoms with Crippen LogP contribution in [0.1, 0.15) is 34.7 Å². The number of carboxylic acids is 1. The molecule has 0 bridgehead atoms. The van der Waals surface area contributed by atoms with Crippen LogP contribution in [0, 0.1) is 0 Å². The average Bonchev–Trinajstić information content (AvgIpc) is 2.77. The molecule has 3 nitrogen and oxygen atoms in total. The average molecular weight is 285 g/mol. The molecule has 0 saturated carbocycles. The highest BCUT2D eigenvalue weighted by molar-refractivity contribution is 6.35. The topological polar surface area (TPSA) is 50.4 Å². The number of hydrogen-bond donors (Lipinski definition) is 1. The molecule has 0 fully saturated rings. The molecule has 0 aliphatic carbocycles. The molecule has 1 unspecified atom stereocenters. The smallest absolute Gasteiger partial charge is 0.371 e. The van der Waals surface area contributed by atoms with E-state index in [1.807, 2.05) is 6.92 Å². The number of rotatable bonds is 3. The van der Waals surface area contributed by atoms with Crippen LogP contribution in [0.3, 0.4) is 0 Å². The molecule has 0 aliphatic heterocycles. The Kier molecular flexibility index (Phi) is 3.64. The molecule has 0 aliphatic rings. The first-order chi connectivity index (χ1) is 8.49. The molecule has 1 heterocycles. The van der Waals surface area contributed by atoms with Crippen LogP contribution in [-0.2, 0) is 0 Å². The first-order valence-electron chi connectivity index (χ1n) is 5.27. The van der Waals surface area contributed by atoms with Crippen LogP contribution in [0.4, 0.5) is 0 Å². The summed E-state index contributed by atoms with van der Waals surface area (Å²) in [5, 5.41) is 9.89. The van der Waals surface area contributed by atoms with Gasteiger partial charge in [0.1, 0.15) is 5.76 Å². The van der Waals surface area contributed by atoms with Gasteiger partial charge in [0.05, 0.1) is 0 Å². The maximum Gasteiger partial charge on any atom is 0.371 e. The van der Waals surface area contributed by atoms with Crippen molar-refractivity contribution >= 4 is 29.2 Å². The van der Waals surface area contributed by atoms with Gasteiger partial charge in [-0.1, -0.05) is 36.2 Å². The van der Waals surface area contributed by atoms with Crippen molar-refractivity contribution in [3.8, 4) is 0 Å². The van der Waals surface area contributed by atoms with Gasteiger partial charge in [-0.25, -0.2) is 4.79 Å². The molecular formula is C13H10Cl2O3. The Labute approximate surface area is 114 Å². The normalized spacial score (nSPS) is 12.4. The zero-order valence-corrected chi connectivity index (χ0v) is 11.0. The molecule has 2 aromatic rings. The van der Waals surface area contributed by atoms with Gasteiger partial charge in [0.25, 0.3) is 0 Å². The van der Waals surface area contributed by atoms with Crippen LogP contribution in [0.25, 0.3) is 0 Å². The van der Waals surface area contributed by atoms with E-state index in [-0.39, 0.29) is 11.7 Å². The number of furan rings is 1. The van der Waals surface area contributed by atoms with Gasteiger partial charge in [-0.05, 0) is 29.8 Å². The van der Waals surface area contributed by atoms with E-state index >= 15 is 0 Å². The van der Waals surface area contributed by atoms with Gasteiger partial charge in [-0.2, -0.15) is 0 Å². The van der Waals surface area contributed by atoms with Gasteiger partial charge in [-0.3, -0.25) is 0 Å². The standard InChI is InChI=1S/C13H10Cl2O3/c1-7(9-3-2-8(14)6-10(9)15)11-4-5-12(18-11)13(16)17/h2-7H,1H3,(H,16,17). The van der Waals surface area contributed by atoms with Crippen LogP contribution >= 0.6 is 23.2 Å². The summed E-state index contributed by atoms with van der Waals surface area (Å²) in [4.78, 5) is 10.7. The molecule has 94 valence electrons. The highest BCUT2D eigenvalue weighted by atomic mass is 35.5. The van der Waals surface area contributed by atoms with Crippen molar-refractivity contribution in [1.29, 1.82) is 0 Å². The quantitative estimate of drug-likeness (QED) is 0.907. The van der Waals surface area contributed by atoms with Gasteiger partial charge >= 0.3 is 5.97 Å². The molecule has 2 rings (SSSR count). The van der Waals surface area contributed by atoms with E-state index in [0.717, 1.165) is 5.56 Å². The second kappa shape index (κ2) is 5.04. The Morgan fingerprint density at radius 1 is 1.28 bits per heavy atom. The molecule has 1 aromatic heterocycles. The van der Waals surface area contributed by atoms with Crippen molar-refractivity contribution in [1.82, 2.24) is 0 Å². The maximum absolute atomic E-state index is 10.7. The molecule has 0 amide bonds. The van der Waals surface area contributed by atoms with Gasteiger partial charge in [0.2, 0.25) is 5.76 Å². The number of halogens is 2. The summed E-state index contributed by atoms with van der Waals surface area (Å²) in [6, 6.07) is 8.26. The fraction of sp³-hybridized carbons (Fsp3) is 0.154. The van der Waals surface area contributed by atoms with Gasteiger partial charge < -0.3 is 9.52 Å². The minimum absolute atomic E-state index is 0.0815. The van der Waals surface area contributed by atoms with E-state index in [2.05, 4.69) is 0 Å². The molecule has 1 N–H and O–H groups in total.